The molecule has 1 atom stereocenters. The average molecular weight is 381 g/mol. The summed E-state index contributed by atoms with van der Waals surface area (Å²) in [7, 11) is 0. The minimum atomic E-state index is 0. The molecule has 0 nitrogen and oxygen atoms in total. The van der Waals surface area contributed by atoms with Gasteiger partial charge in [0.1, 0.15) is 0 Å². The number of hydrogen-bond donors (Lipinski definition) is 0. The van der Waals surface area contributed by atoms with Crippen molar-refractivity contribution in [2.75, 3.05) is 0 Å². The van der Waals surface area contributed by atoms with Crippen LogP contribution in [0.5, 0.6) is 0 Å². The molecule has 0 spiro atoms. The van der Waals surface area contributed by atoms with Gasteiger partial charge in [-0.1, -0.05) is 54.1 Å². The van der Waals surface area contributed by atoms with Gasteiger partial charge in [0.05, 0.1) is 0 Å². The second kappa shape index (κ2) is 9.34. The van der Waals surface area contributed by atoms with Gasteiger partial charge >= 0.3 is 0 Å². The Kier molecular flexibility index (Phi) is 9.06. The zero-order valence-electron chi connectivity index (χ0n) is 10.8. The molecule has 0 aliphatic heterocycles. The van der Waals surface area contributed by atoms with Gasteiger partial charge < -0.3 is 0 Å². The van der Waals surface area contributed by atoms with Crippen molar-refractivity contribution in [3.8, 4) is 0 Å². The summed E-state index contributed by atoms with van der Waals surface area (Å²) in [5.74, 6) is 0.298. The number of benzene rings is 2. The number of halogens is 2. The Labute approximate surface area is 151 Å². The molecule has 0 radical (unpaired) electrons. The zero-order chi connectivity index (χ0) is 11.5. The molecular formula is C17H15Cl2Zr-. The van der Waals surface area contributed by atoms with Crippen molar-refractivity contribution in [3.63, 3.8) is 0 Å². The Bertz CT molecular complexity index is 562. The predicted octanol–water partition coefficient (Wildman–Crippen LogP) is 5.07. The zero-order valence-corrected chi connectivity index (χ0v) is 14.9. The van der Waals surface area contributed by atoms with Crippen LogP contribution < -0.4 is 0 Å². The van der Waals surface area contributed by atoms with Gasteiger partial charge in [0.15, 0.2) is 0 Å². The first kappa shape index (κ1) is 19.4. The second-order valence-electron chi connectivity index (χ2n) is 4.17. The van der Waals surface area contributed by atoms with E-state index in [0.717, 1.165) is 0 Å². The van der Waals surface area contributed by atoms with Crippen LogP contribution in [-0.2, 0) is 26.2 Å². The molecule has 2 aromatic carbocycles. The minimum Gasteiger partial charge on any atom is -0.190 e. The van der Waals surface area contributed by atoms with E-state index >= 15 is 0 Å². The Balaban J connectivity index is 0.00000120. The van der Waals surface area contributed by atoms with Crippen LogP contribution in [0.25, 0.3) is 5.57 Å². The molecule has 1 aliphatic rings. The van der Waals surface area contributed by atoms with Crippen molar-refractivity contribution < 1.29 is 26.2 Å². The monoisotopic (exact) mass is 379 g/mol. The van der Waals surface area contributed by atoms with Crippen LogP contribution >= 0.6 is 24.8 Å². The Morgan fingerprint density at radius 3 is 1.90 bits per heavy atom. The Hall–Kier alpha value is -0.617. The third-order valence-electron chi connectivity index (χ3n) is 3.01. The summed E-state index contributed by atoms with van der Waals surface area (Å²) in [5, 5.41) is 0. The van der Waals surface area contributed by atoms with Crippen LogP contribution in [0.4, 0.5) is 0 Å². The SMILES string of the molecule is Cl.Cl.[C-]1=C(c2ccccc2)C=CC1c1ccccc1.[Zr]. The topological polar surface area (TPSA) is 0 Å². The van der Waals surface area contributed by atoms with Crippen LogP contribution in [0.1, 0.15) is 17.0 Å². The quantitative estimate of drug-likeness (QED) is 0.638. The van der Waals surface area contributed by atoms with Gasteiger partial charge in [0.25, 0.3) is 0 Å². The largest absolute Gasteiger partial charge is 0.190 e. The molecule has 0 N–H and O–H groups in total. The van der Waals surface area contributed by atoms with Gasteiger partial charge in [0, 0.05) is 26.2 Å². The van der Waals surface area contributed by atoms with E-state index < -0.39 is 0 Å². The molecule has 3 heteroatoms. The van der Waals surface area contributed by atoms with E-state index in [1.165, 1.54) is 16.7 Å². The van der Waals surface area contributed by atoms with E-state index in [1.807, 2.05) is 12.1 Å². The van der Waals surface area contributed by atoms with Gasteiger partial charge in [-0.3, -0.25) is 0 Å². The van der Waals surface area contributed by atoms with Crippen molar-refractivity contribution in [1.29, 1.82) is 0 Å². The van der Waals surface area contributed by atoms with Gasteiger partial charge in [0.2, 0.25) is 0 Å². The third kappa shape index (κ3) is 4.45. The van der Waals surface area contributed by atoms with Crippen molar-refractivity contribution in [2.24, 2.45) is 0 Å². The third-order valence-corrected chi connectivity index (χ3v) is 3.01. The molecule has 0 aromatic heterocycles. The normalized spacial score (nSPS) is 15.4. The molecule has 0 amide bonds. The van der Waals surface area contributed by atoms with Gasteiger partial charge in [-0.05, 0) is 5.92 Å². The number of rotatable bonds is 2. The fraction of sp³-hybridized carbons (Fsp3) is 0.0588. The molecule has 2 aromatic rings. The summed E-state index contributed by atoms with van der Waals surface area (Å²) in [6.45, 7) is 0. The molecule has 1 aliphatic carbocycles. The Morgan fingerprint density at radius 2 is 1.30 bits per heavy atom. The smallest absolute Gasteiger partial charge is 0 e. The molecule has 3 rings (SSSR count). The molecular weight excluding hydrogens is 366 g/mol. The fourth-order valence-corrected chi connectivity index (χ4v) is 2.11. The van der Waals surface area contributed by atoms with Crippen molar-refractivity contribution in [2.45, 2.75) is 5.92 Å². The van der Waals surface area contributed by atoms with Crippen LogP contribution in [0.3, 0.4) is 0 Å². The Morgan fingerprint density at radius 1 is 0.750 bits per heavy atom. The summed E-state index contributed by atoms with van der Waals surface area (Å²) in [4.78, 5) is 0. The maximum absolute atomic E-state index is 3.53. The number of hydrogen-bond acceptors (Lipinski definition) is 0. The van der Waals surface area contributed by atoms with Crippen LogP contribution in [0, 0.1) is 6.08 Å². The molecule has 1 unspecified atom stereocenters. The van der Waals surface area contributed by atoms with Gasteiger partial charge in [-0.2, -0.15) is 17.7 Å². The second-order valence-corrected chi connectivity index (χ2v) is 4.17. The first-order valence-corrected chi connectivity index (χ1v) is 5.85. The average Bonchev–Trinajstić information content (AvgIpc) is 2.90. The summed E-state index contributed by atoms with van der Waals surface area (Å²) in [5.41, 5.74) is 3.73. The van der Waals surface area contributed by atoms with Crippen LogP contribution in [0.15, 0.2) is 72.8 Å². The van der Waals surface area contributed by atoms with Crippen LogP contribution in [0.2, 0.25) is 0 Å². The molecule has 0 saturated carbocycles. The molecule has 0 heterocycles. The number of allylic oxidation sites excluding steroid dienone is 4. The fourth-order valence-electron chi connectivity index (χ4n) is 2.11. The molecule has 102 valence electrons. The molecule has 0 fully saturated rings. The minimum absolute atomic E-state index is 0. The standard InChI is InChI=1S/C17H13.2ClH.Zr/c1-3-7-14(8-4-1)16-11-12-17(13-16)15-9-5-2-6-10-15;;;/h1-12,16H;2*1H;/q-1;;;. The predicted molar refractivity (Wildman–Crippen MR) is 85.9 cm³/mol. The van der Waals surface area contributed by atoms with Crippen molar-refractivity contribution in [1.82, 2.24) is 0 Å². The first-order chi connectivity index (χ1) is 8.43. The van der Waals surface area contributed by atoms with Crippen molar-refractivity contribution in [3.05, 3.63) is 90.0 Å². The first-order valence-electron chi connectivity index (χ1n) is 5.85. The summed E-state index contributed by atoms with van der Waals surface area (Å²) in [6.07, 6.45) is 7.89. The molecule has 0 bridgehead atoms. The summed E-state index contributed by atoms with van der Waals surface area (Å²) < 4.78 is 0. The maximum atomic E-state index is 3.53. The summed E-state index contributed by atoms with van der Waals surface area (Å²) >= 11 is 0. The molecule has 0 saturated heterocycles. The maximum Gasteiger partial charge on any atom is 0 e. The van der Waals surface area contributed by atoms with E-state index in [9.17, 15) is 0 Å². The van der Waals surface area contributed by atoms with E-state index in [0.29, 0.717) is 5.92 Å². The summed E-state index contributed by atoms with van der Waals surface area (Å²) in [6, 6.07) is 20.9. The van der Waals surface area contributed by atoms with Gasteiger partial charge in [-0.15, -0.1) is 48.6 Å². The molecule has 20 heavy (non-hydrogen) atoms. The van der Waals surface area contributed by atoms with Crippen molar-refractivity contribution >= 4 is 30.4 Å². The van der Waals surface area contributed by atoms with E-state index in [2.05, 4.69) is 66.8 Å². The van der Waals surface area contributed by atoms with Gasteiger partial charge in [-0.25, -0.2) is 0 Å². The van der Waals surface area contributed by atoms with Crippen LogP contribution in [-0.4, -0.2) is 0 Å². The van der Waals surface area contributed by atoms with E-state index in [1.54, 1.807) is 0 Å². The van der Waals surface area contributed by atoms with E-state index in [-0.39, 0.29) is 51.0 Å². The van der Waals surface area contributed by atoms with E-state index in [4.69, 9.17) is 0 Å².